The summed E-state index contributed by atoms with van der Waals surface area (Å²) in [5.41, 5.74) is 10.5. The van der Waals surface area contributed by atoms with Gasteiger partial charge in [-0.15, -0.1) is 0 Å². The second-order valence-corrected chi connectivity index (χ2v) is 12.5. The van der Waals surface area contributed by atoms with Crippen LogP contribution in [0.5, 0.6) is 11.5 Å². The number of aromatic carboxylic acids is 1. The van der Waals surface area contributed by atoms with Crippen LogP contribution in [0.3, 0.4) is 0 Å². The van der Waals surface area contributed by atoms with E-state index < -0.39 is 17.5 Å². The first-order valence-corrected chi connectivity index (χ1v) is 15.6. The maximum Gasteiger partial charge on any atom is 0.335 e. The van der Waals surface area contributed by atoms with E-state index in [1.165, 1.54) is 39.7 Å². The second-order valence-electron chi connectivity index (χ2n) is 12.5. The fourth-order valence-corrected chi connectivity index (χ4v) is 5.61. The van der Waals surface area contributed by atoms with Crippen LogP contribution in [0.1, 0.15) is 121 Å². The van der Waals surface area contributed by atoms with Gasteiger partial charge < -0.3 is 26.0 Å². The molecule has 0 bridgehead atoms. The Morgan fingerprint density at radius 1 is 0.717 bits per heavy atom. The monoisotopic (exact) mass is 669 g/mol. The number of aromatic hydroxyl groups is 1. The molecule has 46 heavy (non-hydrogen) atoms. The molecule has 0 aliphatic heterocycles. The van der Waals surface area contributed by atoms with Crippen molar-refractivity contribution < 1.29 is 36.9 Å². The molecule has 4 rings (SSSR count). The number of hydrogen-bond donors (Lipinski definition) is 4. The van der Waals surface area contributed by atoms with Crippen LogP contribution in [0, 0.1) is 27.7 Å². The van der Waals surface area contributed by atoms with Gasteiger partial charge in [-0.05, 0) is 105 Å². The molecule has 0 fully saturated rings. The molecule has 2 atom stereocenters. The topological polar surface area (TPSA) is 118 Å². The first-order valence-electron chi connectivity index (χ1n) is 15.6. The Morgan fingerprint density at radius 2 is 1.11 bits per heavy atom. The number of para-hydroxylation sites is 2. The van der Waals surface area contributed by atoms with E-state index in [-0.39, 0.29) is 46.3 Å². The number of rotatable bonds is 9. The largest absolute Gasteiger partial charge is 0.869 e. The molecule has 3 aromatic carbocycles. The van der Waals surface area contributed by atoms with Crippen LogP contribution in [0.15, 0.2) is 60.7 Å². The van der Waals surface area contributed by atoms with Crippen LogP contribution in [-0.2, 0) is 16.8 Å². The molecule has 8 heteroatoms. The number of carbonyl (C=O) groups is 1. The summed E-state index contributed by atoms with van der Waals surface area (Å²) in [5.74, 6) is -2.60. The number of pyridine rings is 1. The Bertz CT molecular complexity index is 1540. The molecule has 4 N–H and O–H groups in total. The zero-order valence-corrected chi connectivity index (χ0v) is 29.6. The van der Waals surface area contributed by atoms with Crippen LogP contribution in [0.25, 0.3) is 0 Å². The summed E-state index contributed by atoms with van der Waals surface area (Å²) in [5, 5.41) is 37.6. The molecule has 0 amide bonds. The molecule has 249 valence electrons. The number of phenolic OH excluding ortho intramolecular Hbond substituents is 1. The third-order valence-electron chi connectivity index (χ3n) is 8.11. The second kappa shape index (κ2) is 16.5. The molecule has 0 spiro atoms. The van der Waals surface area contributed by atoms with Gasteiger partial charge in [-0.25, -0.2) is 4.79 Å². The fourth-order valence-electron chi connectivity index (χ4n) is 5.61. The van der Waals surface area contributed by atoms with E-state index in [0.29, 0.717) is 5.56 Å². The minimum atomic E-state index is -1.28. The molecule has 7 nitrogen and oxygen atoms in total. The fraction of sp³-hybridized carbons (Fsp3) is 0.368. The molecule has 0 aliphatic carbocycles. The first kappa shape index (κ1) is 38.2. The normalized spacial score (nSPS) is 12.1. The van der Waals surface area contributed by atoms with Crippen molar-refractivity contribution in [2.75, 3.05) is 10.6 Å². The zero-order chi connectivity index (χ0) is 33.6. The van der Waals surface area contributed by atoms with Gasteiger partial charge in [0, 0.05) is 28.2 Å². The Morgan fingerprint density at radius 3 is 1.46 bits per heavy atom. The quantitative estimate of drug-likeness (QED) is 0.140. The molecule has 0 saturated carbocycles. The molecule has 0 aliphatic rings. The van der Waals surface area contributed by atoms with Crippen molar-refractivity contribution in [1.82, 2.24) is 4.98 Å². The van der Waals surface area contributed by atoms with Gasteiger partial charge in [0.05, 0.1) is 29.0 Å². The van der Waals surface area contributed by atoms with Crippen molar-refractivity contribution in [3.05, 3.63) is 111 Å². The van der Waals surface area contributed by atoms with Crippen LogP contribution in [0.2, 0.25) is 0 Å². The minimum Gasteiger partial charge on any atom is -0.869 e. The molecule has 0 saturated heterocycles. The van der Waals surface area contributed by atoms with Gasteiger partial charge in [-0.3, -0.25) is 4.98 Å². The number of anilines is 2. The number of carboxylic acids is 1. The van der Waals surface area contributed by atoms with Crippen molar-refractivity contribution in [3.63, 3.8) is 0 Å². The maximum absolute atomic E-state index is 11.7. The molecular weight excluding hydrogens is 621 g/mol. The van der Waals surface area contributed by atoms with E-state index in [4.69, 9.17) is 10.1 Å². The summed E-state index contributed by atoms with van der Waals surface area (Å²) in [7, 11) is 0. The van der Waals surface area contributed by atoms with E-state index in [9.17, 15) is 15.0 Å². The average molecular weight is 670 g/mol. The third-order valence-corrected chi connectivity index (χ3v) is 8.11. The van der Waals surface area contributed by atoms with Gasteiger partial charge in [-0.1, -0.05) is 75.9 Å². The number of phenols is 1. The Hall–Kier alpha value is -4.01. The number of aryl methyl sites for hydroxylation is 4. The smallest absolute Gasteiger partial charge is 0.335 e. The third kappa shape index (κ3) is 9.04. The van der Waals surface area contributed by atoms with Crippen molar-refractivity contribution in [2.24, 2.45) is 0 Å². The van der Waals surface area contributed by atoms with Crippen LogP contribution >= 0.6 is 0 Å². The van der Waals surface area contributed by atoms with Crippen molar-refractivity contribution in [3.8, 4) is 11.5 Å². The zero-order valence-electron chi connectivity index (χ0n) is 28.6. The summed E-state index contributed by atoms with van der Waals surface area (Å²) < 4.78 is 0. The van der Waals surface area contributed by atoms with Gasteiger partial charge in [-0.2, -0.15) is 0 Å². The van der Waals surface area contributed by atoms with E-state index in [1.807, 2.05) is 27.7 Å². The van der Waals surface area contributed by atoms with Gasteiger partial charge in [0.25, 0.3) is 0 Å². The standard InChI is InChI=1S/C25H31N3.C13H18O4.Co/c1-16-10-7-11-17(2)24(16)26-20(5)22-14-9-15-23(28-22)21(6)27-25-18(3)12-8-13-19(25)4;1-6(2)8-5-9(14)12(15)11(13(16)17)10(8)7(3)4;/h7-15,20-21,26-27H,1-6H3;5-7,14-15H,1-4H3,(H,16,17);/p-1. The van der Waals surface area contributed by atoms with E-state index in [0.717, 1.165) is 17.0 Å². The summed E-state index contributed by atoms with van der Waals surface area (Å²) in [6.07, 6.45) is 0. The number of aromatic nitrogens is 1. The minimum absolute atomic E-state index is 0. The number of carboxylic acid groups (broad SMARTS) is 1. The first-order chi connectivity index (χ1) is 21.1. The molecule has 2 unspecified atom stereocenters. The van der Waals surface area contributed by atoms with Gasteiger partial charge in [0.1, 0.15) is 5.75 Å². The average Bonchev–Trinajstić information content (AvgIpc) is 2.97. The summed E-state index contributed by atoms with van der Waals surface area (Å²) in [6, 6.07) is 20.7. The van der Waals surface area contributed by atoms with Crippen LogP contribution in [0.4, 0.5) is 11.4 Å². The number of benzene rings is 3. The summed E-state index contributed by atoms with van der Waals surface area (Å²) in [6.45, 7) is 20.4. The van der Waals surface area contributed by atoms with E-state index in [1.54, 1.807) is 0 Å². The predicted molar refractivity (Wildman–Crippen MR) is 183 cm³/mol. The van der Waals surface area contributed by atoms with Crippen LogP contribution < -0.4 is 15.7 Å². The molecule has 1 heterocycles. The predicted octanol–water partition coefficient (Wildman–Crippen LogP) is 9.07. The van der Waals surface area contributed by atoms with Crippen molar-refractivity contribution >= 4 is 17.3 Å². The van der Waals surface area contributed by atoms with Crippen molar-refractivity contribution in [2.45, 2.75) is 93.2 Å². The van der Waals surface area contributed by atoms with Gasteiger partial charge in [0.15, 0.2) is 0 Å². The molecule has 1 aromatic heterocycles. The van der Waals surface area contributed by atoms with E-state index >= 15 is 0 Å². The van der Waals surface area contributed by atoms with Gasteiger partial charge >= 0.3 is 5.97 Å². The summed E-state index contributed by atoms with van der Waals surface area (Å²) in [4.78, 5) is 16.1. The van der Waals surface area contributed by atoms with Crippen LogP contribution in [-0.4, -0.2) is 21.2 Å². The van der Waals surface area contributed by atoms with Gasteiger partial charge in [0.2, 0.25) is 0 Å². The maximum atomic E-state index is 11.7. The summed E-state index contributed by atoms with van der Waals surface area (Å²) >= 11 is 0. The van der Waals surface area contributed by atoms with E-state index in [2.05, 4.69) is 107 Å². The Balaban J connectivity index is 0.000000353. The Kier molecular flexibility index (Phi) is 13.7. The molecular formula is C38H48CoN3O4-. The SMILES string of the molecule is CC(C)c1cc(O)c([O-])c(C(=O)O)c1C(C)C.Cc1cccc(C)c1NC(C)c1cccc(C(C)Nc2c(C)cccc2C)n1.[Co]. The van der Waals surface area contributed by atoms with Crippen molar-refractivity contribution in [1.29, 1.82) is 0 Å². The number of nitrogens with one attached hydrogen (secondary N) is 2. The Labute approximate surface area is 284 Å². The number of hydrogen-bond acceptors (Lipinski definition) is 6. The molecule has 1 radical (unpaired) electrons. The number of nitrogens with zero attached hydrogens (tertiary/aromatic N) is 1. The molecule has 4 aromatic rings.